The Kier molecular flexibility index (Phi) is 4.07. The van der Waals surface area contributed by atoms with Crippen LogP contribution in [0.4, 0.5) is 10.1 Å². The van der Waals surface area contributed by atoms with Crippen LogP contribution < -0.4 is 4.90 Å². The maximum Gasteiger partial charge on any atom is 0.264 e. The van der Waals surface area contributed by atoms with Crippen LogP contribution in [0.1, 0.15) is 35.0 Å². The van der Waals surface area contributed by atoms with Gasteiger partial charge in [0.15, 0.2) is 0 Å². The molecule has 132 valence electrons. The minimum Gasteiger partial charge on any atom is -0.360 e. The van der Waals surface area contributed by atoms with Crippen LogP contribution in [0.15, 0.2) is 53.1 Å². The number of aromatic nitrogens is 1. The first-order valence-corrected chi connectivity index (χ1v) is 8.70. The zero-order valence-electron chi connectivity index (χ0n) is 14.7. The summed E-state index contributed by atoms with van der Waals surface area (Å²) >= 11 is 0. The quantitative estimate of drug-likeness (QED) is 0.669. The highest BCUT2D eigenvalue weighted by Gasteiger charge is 2.33. The van der Waals surface area contributed by atoms with E-state index in [-0.39, 0.29) is 17.8 Å². The van der Waals surface area contributed by atoms with Crippen molar-refractivity contribution in [2.45, 2.75) is 32.7 Å². The van der Waals surface area contributed by atoms with Crippen molar-refractivity contribution in [3.05, 3.63) is 71.2 Å². The number of benzene rings is 2. The summed E-state index contributed by atoms with van der Waals surface area (Å²) in [5.74, 6) is 0.0368. The molecule has 0 radical (unpaired) electrons. The molecule has 0 fully saturated rings. The van der Waals surface area contributed by atoms with E-state index in [2.05, 4.69) is 5.16 Å². The molecule has 0 N–H and O–H groups in total. The molecule has 0 spiro atoms. The molecule has 4 nitrogen and oxygen atoms in total. The fourth-order valence-electron chi connectivity index (χ4n) is 3.57. The zero-order valence-corrected chi connectivity index (χ0v) is 14.7. The molecule has 1 amide bonds. The lowest BCUT2D eigenvalue weighted by Gasteiger charge is -2.35. The Bertz CT molecular complexity index is 965. The topological polar surface area (TPSA) is 46.3 Å². The van der Waals surface area contributed by atoms with E-state index in [0.29, 0.717) is 17.0 Å². The van der Waals surface area contributed by atoms with Crippen molar-refractivity contribution < 1.29 is 13.7 Å². The van der Waals surface area contributed by atoms with Gasteiger partial charge in [-0.2, -0.15) is 0 Å². The van der Waals surface area contributed by atoms with Crippen molar-refractivity contribution in [3.8, 4) is 11.3 Å². The van der Waals surface area contributed by atoms with Gasteiger partial charge in [0.25, 0.3) is 5.91 Å². The molecule has 1 aromatic heterocycles. The highest BCUT2D eigenvalue weighted by molar-refractivity contribution is 6.11. The van der Waals surface area contributed by atoms with Gasteiger partial charge in [-0.05, 0) is 50.5 Å². The predicted octanol–water partition coefficient (Wildman–Crippen LogP) is 4.77. The minimum atomic E-state index is -0.281. The van der Waals surface area contributed by atoms with Crippen molar-refractivity contribution in [3.63, 3.8) is 0 Å². The zero-order chi connectivity index (χ0) is 18.3. The van der Waals surface area contributed by atoms with Crippen LogP contribution >= 0.6 is 0 Å². The van der Waals surface area contributed by atoms with Crippen molar-refractivity contribution in [1.82, 2.24) is 5.16 Å². The first-order chi connectivity index (χ1) is 12.6. The van der Waals surface area contributed by atoms with Crippen LogP contribution in [0.25, 0.3) is 11.3 Å². The van der Waals surface area contributed by atoms with Crippen molar-refractivity contribution in [2.24, 2.45) is 0 Å². The molecule has 1 atom stereocenters. The number of halogens is 1. The van der Waals surface area contributed by atoms with Crippen molar-refractivity contribution >= 4 is 11.6 Å². The van der Waals surface area contributed by atoms with E-state index < -0.39 is 0 Å². The van der Waals surface area contributed by atoms with Crippen LogP contribution in [0, 0.1) is 12.7 Å². The monoisotopic (exact) mass is 350 g/mol. The number of carbonyl (C=O) groups excluding carboxylic acids is 1. The average molecular weight is 350 g/mol. The highest BCUT2D eigenvalue weighted by Crippen LogP contribution is 2.35. The Morgan fingerprint density at radius 1 is 1.23 bits per heavy atom. The van der Waals surface area contributed by atoms with E-state index in [1.807, 2.05) is 37.3 Å². The van der Waals surface area contributed by atoms with Gasteiger partial charge in [-0.15, -0.1) is 0 Å². The smallest absolute Gasteiger partial charge is 0.264 e. The molecule has 0 bridgehead atoms. The number of fused-ring (bicyclic) bond motifs is 1. The standard InChI is InChI=1S/C21H19FN2O2/c1-13-8-9-16-12-17(22)10-11-18(16)24(13)21(25)19-14(2)26-23-20(19)15-6-4-3-5-7-15/h3-7,10-13H,8-9H2,1-2H3. The lowest BCUT2D eigenvalue weighted by molar-refractivity contribution is 0.0974. The van der Waals surface area contributed by atoms with Crippen LogP contribution in [0.5, 0.6) is 0 Å². The van der Waals surface area contributed by atoms with Gasteiger partial charge in [-0.3, -0.25) is 4.79 Å². The third-order valence-corrected chi connectivity index (χ3v) is 4.92. The number of amides is 1. The SMILES string of the molecule is Cc1onc(-c2ccccc2)c1C(=O)N1c2ccc(F)cc2CCC1C. The summed E-state index contributed by atoms with van der Waals surface area (Å²) in [5, 5.41) is 4.11. The molecule has 2 heterocycles. The second-order valence-electron chi connectivity index (χ2n) is 6.66. The molecule has 5 heteroatoms. The highest BCUT2D eigenvalue weighted by atomic mass is 19.1. The van der Waals surface area contributed by atoms with Gasteiger partial charge in [0.05, 0.1) is 0 Å². The summed E-state index contributed by atoms with van der Waals surface area (Å²) in [6.07, 6.45) is 1.54. The van der Waals surface area contributed by atoms with Crippen LogP contribution in [-0.2, 0) is 6.42 Å². The number of aryl methyl sites for hydroxylation is 2. The molecule has 1 unspecified atom stereocenters. The molecule has 26 heavy (non-hydrogen) atoms. The lowest BCUT2D eigenvalue weighted by atomic mass is 9.95. The number of anilines is 1. The summed E-state index contributed by atoms with van der Waals surface area (Å²) in [4.78, 5) is 15.2. The van der Waals surface area contributed by atoms with Gasteiger partial charge in [0, 0.05) is 17.3 Å². The fraction of sp³-hybridized carbons (Fsp3) is 0.238. The summed E-state index contributed by atoms with van der Waals surface area (Å²) in [6, 6.07) is 14.1. The lowest BCUT2D eigenvalue weighted by Crippen LogP contribution is -2.42. The Balaban J connectivity index is 1.81. The van der Waals surface area contributed by atoms with Crippen molar-refractivity contribution in [1.29, 1.82) is 0 Å². The van der Waals surface area contributed by atoms with Gasteiger partial charge < -0.3 is 9.42 Å². The summed E-state index contributed by atoms with van der Waals surface area (Å²) < 4.78 is 19.0. The first kappa shape index (κ1) is 16.5. The molecule has 1 aliphatic rings. The van der Waals surface area contributed by atoms with Gasteiger partial charge >= 0.3 is 0 Å². The maximum absolute atomic E-state index is 13.6. The number of nitrogens with zero attached hydrogens (tertiary/aromatic N) is 2. The Labute approximate surface area is 151 Å². The largest absolute Gasteiger partial charge is 0.360 e. The van der Waals surface area contributed by atoms with Crippen LogP contribution in [0.2, 0.25) is 0 Å². The normalized spacial score (nSPS) is 16.4. The third kappa shape index (κ3) is 2.69. The summed E-state index contributed by atoms with van der Waals surface area (Å²) in [7, 11) is 0. The van der Waals surface area contributed by atoms with E-state index in [1.54, 1.807) is 17.9 Å². The molecule has 2 aromatic carbocycles. The second-order valence-corrected chi connectivity index (χ2v) is 6.66. The van der Waals surface area contributed by atoms with Gasteiger partial charge in [0.1, 0.15) is 22.8 Å². The number of rotatable bonds is 2. The van der Waals surface area contributed by atoms with Gasteiger partial charge in [0.2, 0.25) is 0 Å². The Hall–Kier alpha value is -2.95. The molecular weight excluding hydrogens is 331 g/mol. The Morgan fingerprint density at radius 2 is 2.00 bits per heavy atom. The van der Waals surface area contributed by atoms with Crippen LogP contribution in [-0.4, -0.2) is 17.1 Å². The van der Waals surface area contributed by atoms with E-state index in [0.717, 1.165) is 29.7 Å². The van der Waals surface area contributed by atoms with Gasteiger partial charge in [-0.25, -0.2) is 4.39 Å². The second kappa shape index (κ2) is 6.41. The van der Waals surface area contributed by atoms with E-state index >= 15 is 0 Å². The fourth-order valence-corrected chi connectivity index (χ4v) is 3.57. The minimum absolute atomic E-state index is 0.0124. The number of hydrogen-bond donors (Lipinski definition) is 0. The molecular formula is C21H19FN2O2. The first-order valence-electron chi connectivity index (χ1n) is 8.70. The van der Waals surface area contributed by atoms with Crippen LogP contribution in [0.3, 0.4) is 0 Å². The van der Waals surface area contributed by atoms with Gasteiger partial charge in [-0.1, -0.05) is 35.5 Å². The van der Waals surface area contributed by atoms with Crippen molar-refractivity contribution in [2.75, 3.05) is 4.90 Å². The molecule has 0 saturated heterocycles. The molecule has 4 rings (SSSR count). The Morgan fingerprint density at radius 3 is 2.77 bits per heavy atom. The number of carbonyl (C=O) groups is 1. The molecule has 3 aromatic rings. The average Bonchev–Trinajstić information content (AvgIpc) is 3.03. The molecule has 0 saturated carbocycles. The maximum atomic E-state index is 13.6. The van der Waals surface area contributed by atoms with E-state index in [1.165, 1.54) is 12.1 Å². The number of hydrogen-bond acceptors (Lipinski definition) is 3. The van der Waals surface area contributed by atoms with E-state index in [9.17, 15) is 9.18 Å². The summed E-state index contributed by atoms with van der Waals surface area (Å²) in [6.45, 7) is 3.75. The third-order valence-electron chi connectivity index (χ3n) is 4.92. The predicted molar refractivity (Wildman–Crippen MR) is 97.7 cm³/mol. The molecule has 1 aliphatic heterocycles. The summed E-state index contributed by atoms with van der Waals surface area (Å²) in [5.41, 5.74) is 3.44. The molecule has 0 aliphatic carbocycles. The van der Waals surface area contributed by atoms with E-state index in [4.69, 9.17) is 4.52 Å².